The monoisotopic (exact) mass is 686 g/mol. The van der Waals surface area contributed by atoms with Crippen LogP contribution in [-0.4, -0.2) is 79.1 Å². The number of nitrogens with one attached hydrogen (secondary N) is 1. The van der Waals surface area contributed by atoms with Crippen molar-refractivity contribution < 1.29 is 24.3 Å². The van der Waals surface area contributed by atoms with Gasteiger partial charge in [-0.3, -0.25) is 14.4 Å². The highest BCUT2D eigenvalue weighted by Crippen LogP contribution is 2.67. The molecule has 0 radical (unpaired) electrons. The number of fused-ring (bicyclic) bond motifs is 5. The number of nitrogens with zero attached hydrogens (tertiary/aromatic N) is 2. The van der Waals surface area contributed by atoms with Gasteiger partial charge in [0.15, 0.2) is 0 Å². The molecule has 8 nitrogen and oxygen atoms in total. The van der Waals surface area contributed by atoms with Crippen LogP contribution >= 0.6 is 0 Å². The zero-order valence-electron chi connectivity index (χ0n) is 32.4. The lowest BCUT2D eigenvalue weighted by Crippen LogP contribution is -2.51. The number of allylic oxidation sites excluding steroid dienone is 1. The summed E-state index contributed by atoms with van der Waals surface area (Å²) in [6, 6.07) is -0.102. The van der Waals surface area contributed by atoms with Crippen LogP contribution in [0.15, 0.2) is 11.6 Å². The third-order valence-electron chi connectivity index (χ3n) is 14.3. The van der Waals surface area contributed by atoms with Crippen molar-refractivity contribution in [1.82, 2.24) is 15.3 Å². The first-order valence-corrected chi connectivity index (χ1v) is 20.0. The molecule has 5 rings (SSSR count). The summed E-state index contributed by atoms with van der Waals surface area (Å²) in [5.74, 6) is 4.87. The molecule has 0 bridgehead atoms. The lowest BCUT2D eigenvalue weighted by atomic mass is 9.47. The van der Waals surface area contributed by atoms with E-state index in [-0.39, 0.29) is 55.9 Å². The number of carbonyl (C=O) groups is 2. The second-order valence-electron chi connectivity index (χ2n) is 18.5. The topological polar surface area (TPSA) is 91.3 Å². The fourth-order valence-electron chi connectivity index (χ4n) is 11.3. The Bertz CT molecular complexity index is 1170. The van der Waals surface area contributed by atoms with Crippen LogP contribution in [0.5, 0.6) is 0 Å². The highest BCUT2D eigenvalue weighted by Gasteiger charge is 2.59. The van der Waals surface area contributed by atoms with Crippen LogP contribution in [0, 0.1) is 51.8 Å². The number of ether oxygens (including phenoxy) is 1. The van der Waals surface area contributed by atoms with Crippen molar-refractivity contribution >= 4 is 11.8 Å². The average Bonchev–Trinajstić information content (AvgIpc) is 3.69. The predicted octanol–water partition coefficient (Wildman–Crippen LogP) is 7.36. The van der Waals surface area contributed by atoms with Crippen molar-refractivity contribution in [2.45, 2.75) is 144 Å². The minimum atomic E-state index is -0.731. The summed E-state index contributed by atoms with van der Waals surface area (Å²) in [4.78, 5) is 33.5. The Morgan fingerprint density at radius 2 is 1.86 bits per heavy atom. The number of aliphatic hydroxyl groups excluding tert-OH is 1. The Kier molecular flexibility index (Phi) is 12.7. The zero-order valence-corrected chi connectivity index (χ0v) is 32.4. The van der Waals surface area contributed by atoms with Crippen molar-refractivity contribution in [3.63, 3.8) is 0 Å². The highest BCUT2D eigenvalue weighted by molar-refractivity contribution is 5.82. The zero-order chi connectivity index (χ0) is 35.6. The van der Waals surface area contributed by atoms with E-state index in [2.05, 4.69) is 46.0 Å². The third-order valence-corrected chi connectivity index (χ3v) is 14.3. The number of hydrogen-bond acceptors (Lipinski definition) is 6. The summed E-state index contributed by atoms with van der Waals surface area (Å²) < 4.78 is 6.22. The SMILES string of the molecule is CC(C)CCCC(C)C1CCC2C3CC=C4C[C@@H](OCC(=O)NCN(C)OCC(C)(C)C(=O)N5CCC[C@H]5CO)CC[C@]4(C)C3CC[C@]12C. The fraction of sp³-hybridized carbons (Fsp3) is 0.902. The molecule has 1 saturated heterocycles. The van der Waals surface area contributed by atoms with Gasteiger partial charge in [-0.05, 0) is 124 Å². The molecule has 5 aliphatic rings. The van der Waals surface area contributed by atoms with E-state index in [0.717, 1.165) is 67.6 Å². The van der Waals surface area contributed by atoms with Crippen LogP contribution in [-0.2, 0) is 19.2 Å². The number of hydroxylamine groups is 2. The largest absolute Gasteiger partial charge is 0.394 e. The standard InChI is InChI=1S/C41H71N3O5/c1-28(2)11-9-12-29(3)34-16-17-35-33-15-14-30-23-32(18-20-40(30,6)36(33)19-21-41(34,35)7)48-25-37(46)42-27-43(8)49-26-39(4,5)38(47)44-22-10-13-31(44)24-45/h14,28-29,31-36,45H,9-13,15-27H2,1-8H3,(H,42,46)/t29?,31-,32-,33?,34?,35?,36?,40-,41+/m0/s1. The smallest absolute Gasteiger partial charge is 0.247 e. The molecule has 1 heterocycles. The number of amides is 2. The van der Waals surface area contributed by atoms with E-state index < -0.39 is 5.41 Å². The first-order chi connectivity index (χ1) is 23.2. The molecule has 0 aromatic rings. The van der Waals surface area contributed by atoms with Gasteiger partial charge in [0.25, 0.3) is 0 Å². The second-order valence-corrected chi connectivity index (χ2v) is 18.5. The quantitative estimate of drug-likeness (QED) is 0.106. The minimum absolute atomic E-state index is 0.00580. The van der Waals surface area contributed by atoms with Gasteiger partial charge in [0.2, 0.25) is 11.8 Å². The highest BCUT2D eigenvalue weighted by atomic mass is 16.7. The average molecular weight is 686 g/mol. The van der Waals surface area contributed by atoms with Gasteiger partial charge in [-0.1, -0.05) is 65.5 Å². The number of hydrogen-bond donors (Lipinski definition) is 2. The molecule has 0 aromatic carbocycles. The second kappa shape index (κ2) is 16.0. The summed E-state index contributed by atoms with van der Waals surface area (Å²) in [5.41, 5.74) is 1.65. The summed E-state index contributed by atoms with van der Waals surface area (Å²) in [7, 11) is 1.76. The van der Waals surface area contributed by atoms with E-state index in [1.165, 1.54) is 51.4 Å². The van der Waals surface area contributed by atoms with Gasteiger partial charge in [-0.25, -0.2) is 0 Å². The van der Waals surface area contributed by atoms with E-state index in [1.807, 2.05) is 13.8 Å². The molecule has 5 unspecified atom stereocenters. The normalized spacial score (nSPS) is 35.2. The first kappa shape index (κ1) is 38.7. The van der Waals surface area contributed by atoms with Gasteiger partial charge in [-0.2, -0.15) is 5.06 Å². The number of carbonyl (C=O) groups excluding carboxylic acids is 2. The van der Waals surface area contributed by atoms with Gasteiger partial charge in [0.1, 0.15) is 6.61 Å². The van der Waals surface area contributed by atoms with E-state index in [9.17, 15) is 14.7 Å². The Balaban J connectivity index is 1.05. The molecule has 0 spiro atoms. The molecule has 0 aromatic heterocycles. The Labute approximate surface area is 298 Å². The molecule has 49 heavy (non-hydrogen) atoms. The van der Waals surface area contributed by atoms with E-state index >= 15 is 0 Å². The maximum Gasteiger partial charge on any atom is 0.247 e. The minimum Gasteiger partial charge on any atom is -0.394 e. The lowest BCUT2D eigenvalue weighted by Gasteiger charge is -2.58. The fourth-order valence-corrected chi connectivity index (χ4v) is 11.3. The molecule has 280 valence electrons. The summed E-state index contributed by atoms with van der Waals surface area (Å²) in [6.07, 6.45) is 18.6. The third kappa shape index (κ3) is 8.44. The molecule has 1 aliphatic heterocycles. The van der Waals surface area contributed by atoms with Crippen molar-refractivity contribution in [3.8, 4) is 0 Å². The Hall–Kier alpha value is -1.48. The van der Waals surface area contributed by atoms with Crippen LogP contribution in [0.1, 0.15) is 132 Å². The maximum absolute atomic E-state index is 13.1. The van der Waals surface area contributed by atoms with Gasteiger partial charge >= 0.3 is 0 Å². The van der Waals surface area contributed by atoms with Crippen LogP contribution in [0.2, 0.25) is 0 Å². The van der Waals surface area contributed by atoms with E-state index in [0.29, 0.717) is 12.0 Å². The molecular formula is C41H71N3O5. The molecule has 4 aliphatic carbocycles. The van der Waals surface area contributed by atoms with Gasteiger partial charge in [0, 0.05) is 13.6 Å². The predicted molar refractivity (Wildman–Crippen MR) is 195 cm³/mol. The van der Waals surface area contributed by atoms with Gasteiger partial charge < -0.3 is 20.1 Å². The molecule has 8 heteroatoms. The Morgan fingerprint density at radius 1 is 1.08 bits per heavy atom. The molecule has 2 N–H and O–H groups in total. The van der Waals surface area contributed by atoms with Crippen molar-refractivity contribution in [3.05, 3.63) is 11.6 Å². The van der Waals surface area contributed by atoms with E-state index in [4.69, 9.17) is 9.57 Å². The summed E-state index contributed by atoms with van der Waals surface area (Å²) >= 11 is 0. The molecular weight excluding hydrogens is 614 g/mol. The van der Waals surface area contributed by atoms with Crippen molar-refractivity contribution in [1.29, 1.82) is 0 Å². The molecule has 9 atom stereocenters. The number of aliphatic hydroxyl groups is 1. The van der Waals surface area contributed by atoms with Gasteiger partial charge in [0.05, 0.1) is 37.4 Å². The summed E-state index contributed by atoms with van der Waals surface area (Å²) in [5, 5.41) is 14.1. The number of likely N-dealkylation sites (tertiary alicyclic amines) is 1. The molecule has 2 amide bonds. The van der Waals surface area contributed by atoms with E-state index in [1.54, 1.807) is 22.6 Å². The van der Waals surface area contributed by atoms with Crippen LogP contribution < -0.4 is 5.32 Å². The maximum atomic E-state index is 13.1. The van der Waals surface area contributed by atoms with Crippen LogP contribution in [0.3, 0.4) is 0 Å². The molecule has 4 fully saturated rings. The molecule has 3 saturated carbocycles. The van der Waals surface area contributed by atoms with Crippen LogP contribution in [0.25, 0.3) is 0 Å². The number of rotatable bonds is 15. The van der Waals surface area contributed by atoms with Crippen molar-refractivity contribution in [2.24, 2.45) is 51.8 Å². The van der Waals surface area contributed by atoms with Crippen molar-refractivity contribution in [2.75, 3.05) is 40.1 Å². The van der Waals surface area contributed by atoms with Gasteiger partial charge in [-0.15, -0.1) is 0 Å². The van der Waals surface area contributed by atoms with Crippen LogP contribution in [0.4, 0.5) is 0 Å². The first-order valence-electron chi connectivity index (χ1n) is 20.0. The lowest BCUT2D eigenvalue weighted by molar-refractivity contribution is -0.180. The Morgan fingerprint density at radius 3 is 2.59 bits per heavy atom. The summed E-state index contributed by atoms with van der Waals surface area (Å²) in [6.45, 7) is 17.4.